The molecule has 4 nitrogen and oxygen atoms in total. The molecule has 0 fully saturated rings. The third kappa shape index (κ3) is 4.68. The van der Waals surface area contributed by atoms with Crippen molar-refractivity contribution in [1.82, 2.24) is 15.3 Å². The van der Waals surface area contributed by atoms with Crippen LogP contribution in [0.5, 0.6) is 0 Å². The highest BCUT2D eigenvalue weighted by molar-refractivity contribution is 8.00. The molecule has 0 radical (unpaired) electrons. The van der Waals surface area contributed by atoms with E-state index in [0.29, 0.717) is 5.02 Å². The lowest BCUT2D eigenvalue weighted by atomic mass is 10.2. The average Bonchev–Trinajstić information content (AvgIpc) is 3.14. The van der Waals surface area contributed by atoms with Crippen molar-refractivity contribution in [3.8, 4) is 11.3 Å². The number of halogens is 1. The number of hydrogen-bond donors (Lipinski definition) is 2. The van der Waals surface area contributed by atoms with E-state index >= 15 is 0 Å². The van der Waals surface area contributed by atoms with Crippen molar-refractivity contribution in [2.75, 3.05) is 0 Å². The van der Waals surface area contributed by atoms with Crippen LogP contribution in [-0.2, 0) is 4.79 Å². The Morgan fingerprint density at radius 3 is 2.50 bits per heavy atom. The average molecular weight is 386 g/mol. The maximum Gasteiger partial charge on any atom is 0.233 e. The highest BCUT2D eigenvalue weighted by Crippen LogP contribution is 2.25. The van der Waals surface area contributed by atoms with E-state index in [4.69, 9.17) is 11.6 Å². The second-order valence-corrected chi connectivity index (χ2v) is 7.84. The molecule has 3 aromatic rings. The van der Waals surface area contributed by atoms with Gasteiger partial charge in [-0.25, -0.2) is 4.98 Å². The number of nitrogens with zero attached hydrogens (tertiary/aromatic N) is 1. The van der Waals surface area contributed by atoms with Crippen molar-refractivity contribution in [2.24, 2.45) is 0 Å². The lowest BCUT2D eigenvalue weighted by molar-refractivity contribution is -0.121. The molecule has 3 rings (SSSR count). The fourth-order valence-corrected chi connectivity index (χ4v) is 3.49. The van der Waals surface area contributed by atoms with Gasteiger partial charge in [-0.3, -0.25) is 4.79 Å². The summed E-state index contributed by atoms with van der Waals surface area (Å²) >= 11 is 7.39. The third-order valence-electron chi connectivity index (χ3n) is 3.94. The smallest absolute Gasteiger partial charge is 0.233 e. The van der Waals surface area contributed by atoms with E-state index in [2.05, 4.69) is 15.3 Å². The number of thioether (sulfide) groups is 1. The van der Waals surface area contributed by atoms with Gasteiger partial charge >= 0.3 is 0 Å². The first-order valence-corrected chi connectivity index (χ1v) is 9.61. The van der Waals surface area contributed by atoms with Crippen LogP contribution in [0.3, 0.4) is 0 Å². The summed E-state index contributed by atoms with van der Waals surface area (Å²) in [6.07, 6.45) is 1.79. The van der Waals surface area contributed by atoms with Gasteiger partial charge in [0, 0.05) is 9.92 Å². The van der Waals surface area contributed by atoms with Gasteiger partial charge in [0.2, 0.25) is 5.91 Å². The second kappa shape index (κ2) is 8.43. The molecular formula is C20H20ClN3OS. The van der Waals surface area contributed by atoms with E-state index in [1.54, 1.807) is 6.20 Å². The highest BCUT2D eigenvalue weighted by Gasteiger charge is 2.19. The van der Waals surface area contributed by atoms with E-state index in [0.717, 1.165) is 22.0 Å². The van der Waals surface area contributed by atoms with E-state index in [1.807, 2.05) is 68.4 Å². The van der Waals surface area contributed by atoms with Crippen LogP contribution in [0.2, 0.25) is 5.02 Å². The Hall–Kier alpha value is -2.24. The Balaban J connectivity index is 1.60. The second-order valence-electron chi connectivity index (χ2n) is 5.99. The molecule has 134 valence electrons. The molecule has 0 aliphatic carbocycles. The largest absolute Gasteiger partial charge is 0.345 e. The van der Waals surface area contributed by atoms with Gasteiger partial charge in [0.1, 0.15) is 5.82 Å². The van der Waals surface area contributed by atoms with Crippen LogP contribution in [-0.4, -0.2) is 21.1 Å². The van der Waals surface area contributed by atoms with Gasteiger partial charge in [-0.05, 0) is 43.7 Å². The normalized spacial score (nSPS) is 13.2. The lowest BCUT2D eigenvalue weighted by Crippen LogP contribution is -2.33. The Kier molecular flexibility index (Phi) is 6.01. The van der Waals surface area contributed by atoms with E-state index in [1.165, 1.54) is 11.8 Å². The predicted molar refractivity (Wildman–Crippen MR) is 107 cm³/mol. The number of nitrogens with one attached hydrogen (secondary N) is 2. The SMILES string of the molecule is CC(Sc1ccc(Cl)cc1)C(=O)NC(C)c1ncc(-c2ccccc2)[nH]1. The maximum atomic E-state index is 12.5. The number of carbonyl (C=O) groups is 1. The zero-order valence-electron chi connectivity index (χ0n) is 14.6. The number of hydrogen-bond acceptors (Lipinski definition) is 3. The van der Waals surface area contributed by atoms with Gasteiger partial charge in [0.15, 0.2) is 0 Å². The first-order chi connectivity index (χ1) is 12.5. The molecule has 2 unspecified atom stereocenters. The summed E-state index contributed by atoms with van der Waals surface area (Å²) in [5.41, 5.74) is 2.00. The fourth-order valence-electron chi connectivity index (χ4n) is 2.49. The Morgan fingerprint density at radius 1 is 1.12 bits per heavy atom. The Labute approximate surface area is 162 Å². The van der Waals surface area contributed by atoms with Gasteiger partial charge in [-0.15, -0.1) is 11.8 Å². The maximum absolute atomic E-state index is 12.5. The number of imidazole rings is 1. The fraction of sp³-hybridized carbons (Fsp3) is 0.200. The molecule has 1 aromatic heterocycles. The van der Waals surface area contributed by atoms with Gasteiger partial charge in [-0.2, -0.15) is 0 Å². The van der Waals surface area contributed by atoms with E-state index < -0.39 is 0 Å². The molecular weight excluding hydrogens is 366 g/mol. The Bertz CT molecular complexity index is 864. The molecule has 0 aliphatic rings. The van der Waals surface area contributed by atoms with E-state index in [-0.39, 0.29) is 17.2 Å². The summed E-state index contributed by atoms with van der Waals surface area (Å²) in [4.78, 5) is 21.2. The molecule has 0 aliphatic heterocycles. The number of H-pyrrole nitrogens is 1. The monoisotopic (exact) mass is 385 g/mol. The first kappa shape index (κ1) is 18.5. The summed E-state index contributed by atoms with van der Waals surface area (Å²) in [7, 11) is 0. The molecule has 1 heterocycles. The number of aromatic nitrogens is 2. The summed E-state index contributed by atoms with van der Waals surface area (Å²) in [5.74, 6) is 0.705. The summed E-state index contributed by atoms with van der Waals surface area (Å²) in [6.45, 7) is 3.81. The van der Waals surface area contributed by atoms with Crippen LogP contribution in [0.4, 0.5) is 0 Å². The molecule has 2 atom stereocenters. The predicted octanol–water partition coefficient (Wildman–Crippen LogP) is 5.09. The first-order valence-electron chi connectivity index (χ1n) is 8.36. The number of benzene rings is 2. The molecule has 0 saturated heterocycles. The molecule has 0 spiro atoms. The van der Waals surface area contributed by atoms with Gasteiger partial charge < -0.3 is 10.3 Å². The molecule has 2 N–H and O–H groups in total. The van der Waals surface area contributed by atoms with Crippen molar-refractivity contribution in [3.63, 3.8) is 0 Å². The van der Waals surface area contributed by atoms with Crippen LogP contribution < -0.4 is 5.32 Å². The minimum Gasteiger partial charge on any atom is -0.345 e. The van der Waals surface area contributed by atoms with Gasteiger partial charge in [0.05, 0.1) is 23.2 Å². The molecule has 0 saturated carbocycles. The van der Waals surface area contributed by atoms with Crippen molar-refractivity contribution in [3.05, 3.63) is 71.6 Å². The van der Waals surface area contributed by atoms with Crippen molar-refractivity contribution >= 4 is 29.3 Å². The van der Waals surface area contributed by atoms with Gasteiger partial charge in [0.25, 0.3) is 0 Å². The number of amides is 1. The zero-order chi connectivity index (χ0) is 18.5. The summed E-state index contributed by atoms with van der Waals surface area (Å²) in [6, 6.07) is 17.3. The topological polar surface area (TPSA) is 57.8 Å². The Morgan fingerprint density at radius 2 is 1.81 bits per heavy atom. The quantitative estimate of drug-likeness (QED) is 0.581. The number of aromatic amines is 1. The van der Waals surface area contributed by atoms with Crippen molar-refractivity contribution in [2.45, 2.75) is 30.0 Å². The minimum absolute atomic E-state index is 0.0323. The van der Waals surface area contributed by atoms with Crippen LogP contribution in [0.15, 0.2) is 65.7 Å². The highest BCUT2D eigenvalue weighted by atomic mass is 35.5. The van der Waals surface area contributed by atoms with Crippen molar-refractivity contribution < 1.29 is 4.79 Å². The summed E-state index contributed by atoms with van der Waals surface area (Å²) < 4.78 is 0. The van der Waals surface area contributed by atoms with Crippen LogP contribution in [0.25, 0.3) is 11.3 Å². The van der Waals surface area contributed by atoms with Gasteiger partial charge in [-0.1, -0.05) is 41.9 Å². The van der Waals surface area contributed by atoms with Crippen LogP contribution >= 0.6 is 23.4 Å². The molecule has 2 aromatic carbocycles. The molecule has 0 bridgehead atoms. The molecule has 26 heavy (non-hydrogen) atoms. The van der Waals surface area contributed by atoms with Crippen LogP contribution in [0.1, 0.15) is 25.7 Å². The molecule has 1 amide bonds. The standard InChI is InChI=1S/C20H20ClN3OS/c1-13(19-22-12-18(24-19)15-6-4-3-5-7-15)23-20(25)14(2)26-17-10-8-16(21)9-11-17/h3-14H,1-2H3,(H,22,24)(H,23,25). The van der Waals surface area contributed by atoms with Crippen molar-refractivity contribution in [1.29, 1.82) is 0 Å². The minimum atomic E-state index is -0.220. The zero-order valence-corrected chi connectivity index (χ0v) is 16.1. The van der Waals surface area contributed by atoms with E-state index in [9.17, 15) is 4.79 Å². The summed E-state index contributed by atoms with van der Waals surface area (Å²) in [5, 5.41) is 3.48. The molecule has 6 heteroatoms. The number of carbonyl (C=O) groups excluding carboxylic acids is 1. The van der Waals surface area contributed by atoms with Crippen LogP contribution in [0, 0.1) is 0 Å². The number of rotatable bonds is 6. The third-order valence-corrected chi connectivity index (χ3v) is 5.31. The lowest BCUT2D eigenvalue weighted by Gasteiger charge is -2.16.